The summed E-state index contributed by atoms with van der Waals surface area (Å²) in [7, 11) is 2.92. The summed E-state index contributed by atoms with van der Waals surface area (Å²) in [6.07, 6.45) is -68.6. The molecule has 35 atom stereocenters. The number of ether oxygens (including phenoxy) is 16. The summed E-state index contributed by atoms with van der Waals surface area (Å²) in [4.78, 5) is 0. The van der Waals surface area contributed by atoms with E-state index in [0.29, 0.717) is 33.8 Å². The van der Waals surface area contributed by atoms with Crippen LogP contribution in [-0.2, 0) is 77.8 Å². The molecule has 16 fully saturated rings. The van der Waals surface area contributed by atoms with Gasteiger partial charge in [-0.15, -0.1) is 0 Å². The van der Waals surface area contributed by atoms with Gasteiger partial charge in [0.25, 0.3) is 0 Å². The summed E-state index contributed by atoms with van der Waals surface area (Å²) in [6.45, 7) is -5.11. The SMILES string of the molecule is COc1cc2ccc1-c1ccc(cc1OC)CSC[C@H]1O[C@@H]3O[C@H]4C(O)C(O)[C@H](O[C@@H]4CO)O[C@H]4C(O)C(O)[C@H](O[C@@H]4CO)O[C@H]4C(O)C(O)[C@H](O[C@@H]4CO)O[C@H]4C(O)C(O)[C@H](O[C@@H]4CSC2)O[C@H]2C(O)C(O)[C@H](O[C@@H]2CO)O[C@H]2C(O)C(O)[C@H](O[C@@H]2CO)O[C@H]1C(O)C3O. The Morgan fingerprint density at radius 1 is 0.305 bits per heavy atom. The van der Waals surface area contributed by atoms with Gasteiger partial charge in [0.15, 0.2) is 44.0 Å². The Bertz CT molecular complexity index is 2780. The molecule has 37 heteroatoms. The molecule has 34 heterocycles. The largest absolute Gasteiger partial charge is 0.496 e. The van der Waals surface area contributed by atoms with Crippen molar-refractivity contribution in [1.82, 2.24) is 0 Å². The second kappa shape index (κ2) is 31.8. The van der Waals surface area contributed by atoms with E-state index in [1.165, 1.54) is 37.7 Å². The molecule has 0 aliphatic carbocycles. The molecular weight excluding hydrogens is 1320 g/mol. The fourth-order valence-corrected chi connectivity index (χ4v) is 15.1. The zero-order valence-electron chi connectivity index (χ0n) is 50.9. The van der Waals surface area contributed by atoms with Crippen LogP contribution >= 0.6 is 23.5 Å². The number of hydrogen-bond acceptors (Lipinski definition) is 37. The Hall–Kier alpha value is -2.58. The van der Waals surface area contributed by atoms with E-state index < -0.39 is 248 Å². The van der Waals surface area contributed by atoms with Crippen molar-refractivity contribution in [1.29, 1.82) is 0 Å². The summed E-state index contributed by atoms with van der Waals surface area (Å²) in [5.41, 5.74) is 2.56. The maximum Gasteiger partial charge on any atom is 0.187 e. The van der Waals surface area contributed by atoms with E-state index in [9.17, 15) is 97.0 Å². The normalized spacial score (nSPS) is 47.9. The molecule has 0 aromatic heterocycles. The van der Waals surface area contributed by atoms with E-state index >= 15 is 0 Å². The van der Waals surface area contributed by atoms with Crippen LogP contribution in [-0.4, -0.2) is 371 Å². The van der Waals surface area contributed by atoms with Crippen molar-refractivity contribution in [3.05, 3.63) is 47.5 Å². The number of hydrogen-bond donors (Lipinski definition) is 19. The van der Waals surface area contributed by atoms with Crippen LogP contribution in [0.5, 0.6) is 11.5 Å². The van der Waals surface area contributed by atoms with Crippen LogP contribution in [0.3, 0.4) is 0 Å². The molecule has 36 rings (SSSR count). The average Bonchev–Trinajstić information content (AvgIpc) is 0.832. The van der Waals surface area contributed by atoms with Crippen LogP contribution in [0.1, 0.15) is 11.1 Å². The van der Waals surface area contributed by atoms with Gasteiger partial charge in [0, 0.05) is 34.1 Å². The number of aliphatic hydroxyl groups excluding tert-OH is 19. The highest BCUT2D eigenvalue weighted by Gasteiger charge is 2.60. The number of benzene rings is 2. The van der Waals surface area contributed by atoms with Gasteiger partial charge in [-0.05, 0) is 23.3 Å². The van der Waals surface area contributed by atoms with Gasteiger partial charge in [-0.2, -0.15) is 23.5 Å². The molecule has 2 aromatic carbocycles. The standard InChI is InChI=1S/C58H84O35S2/c1-78-22-7-18-3-5-20(22)21-6-4-19(8-23(21)79-2)15-95-17-30-51-36(69)43(76)57(85-30)90-48-27(12-62)81-53(39(72)32(48)65)87-45-24(9-59)80-52(38(71)31(45)64)88-46-25(10-60)83-55(41(74)34(46)67)92-50-29(16-94-14-18)86-58(44(77)37(50)70)91-49-28(13-63)82-54(40(73)33(49)66)89-47-26(11-61)84-56(93-51)42(75)35(47)68/h3-8,24-77H,9-17H2,1-2H3/t24-,25-,26-,27-,28-,29-,30-,31?,32?,33?,34?,35?,36?,37?,38?,39?,40?,41?,42?,43?,44?,45-,46-,47-,48-,49-,50-,51-,52-,53-,54-,55-,56-,57-,58-/m1/s1. The third-order valence-corrected chi connectivity index (χ3v) is 20.6. The van der Waals surface area contributed by atoms with Crippen molar-refractivity contribution >= 4 is 23.5 Å². The van der Waals surface area contributed by atoms with Crippen molar-refractivity contribution in [3.8, 4) is 22.6 Å². The number of aliphatic hydroxyl groups is 19. The number of rotatable bonds is 7. The van der Waals surface area contributed by atoms with Gasteiger partial charge in [-0.25, -0.2) is 0 Å². The van der Waals surface area contributed by atoms with Gasteiger partial charge < -0.3 is 173 Å². The maximum atomic E-state index is 12.1. The Kier molecular flexibility index (Phi) is 24.6. The van der Waals surface area contributed by atoms with Crippen molar-refractivity contribution in [3.63, 3.8) is 0 Å². The highest BCUT2D eigenvalue weighted by molar-refractivity contribution is 7.98. The average molecular weight is 1410 g/mol. The van der Waals surface area contributed by atoms with E-state index in [1.54, 1.807) is 36.4 Å². The lowest BCUT2D eigenvalue weighted by atomic mass is 9.95. The van der Waals surface area contributed by atoms with Gasteiger partial charge in [0.05, 0.1) is 59.5 Å². The minimum absolute atomic E-state index is 0.163. The van der Waals surface area contributed by atoms with Crippen LogP contribution in [0.25, 0.3) is 11.1 Å². The zero-order chi connectivity index (χ0) is 68.0. The fraction of sp³-hybridized carbons (Fsp3) is 0.793. The smallest absolute Gasteiger partial charge is 0.187 e. The van der Waals surface area contributed by atoms with Crippen LogP contribution in [0.15, 0.2) is 36.4 Å². The second-order valence-electron chi connectivity index (χ2n) is 24.4. The third kappa shape index (κ3) is 14.9. The lowest BCUT2D eigenvalue weighted by Crippen LogP contribution is -2.68. The van der Waals surface area contributed by atoms with Gasteiger partial charge in [-0.3, -0.25) is 0 Å². The maximum absolute atomic E-state index is 12.1. The van der Waals surface area contributed by atoms with E-state index in [4.69, 9.17) is 75.8 Å². The molecule has 0 spiro atoms. The monoisotopic (exact) mass is 1400 g/mol. The van der Waals surface area contributed by atoms with Crippen molar-refractivity contribution in [2.24, 2.45) is 0 Å². The summed E-state index contributed by atoms with van der Waals surface area (Å²) in [5.74, 6) is 0.856. The van der Waals surface area contributed by atoms with Crippen molar-refractivity contribution < 1.29 is 173 Å². The van der Waals surface area contributed by atoms with E-state index in [-0.39, 0.29) is 23.0 Å². The molecule has 34 aliphatic heterocycles. The molecule has 35 nitrogen and oxygen atoms in total. The van der Waals surface area contributed by atoms with Crippen molar-refractivity contribution in [2.75, 3.05) is 58.8 Å². The third-order valence-electron chi connectivity index (χ3n) is 18.3. The lowest BCUT2D eigenvalue weighted by Gasteiger charge is -2.50. The number of thioether (sulfide) groups is 2. The van der Waals surface area contributed by atoms with Gasteiger partial charge in [0.1, 0.15) is 170 Å². The molecule has 95 heavy (non-hydrogen) atoms. The molecule has 0 saturated carbocycles. The molecule has 34 aliphatic rings. The van der Waals surface area contributed by atoms with Gasteiger partial charge >= 0.3 is 0 Å². The molecule has 14 unspecified atom stereocenters. The Morgan fingerprint density at radius 3 is 0.758 bits per heavy atom. The molecule has 20 bridgehead atoms. The predicted octanol–water partition coefficient (Wildman–Crippen LogP) is -9.35. The lowest BCUT2D eigenvalue weighted by molar-refractivity contribution is -0.395. The first-order chi connectivity index (χ1) is 45.6. The van der Waals surface area contributed by atoms with E-state index in [2.05, 4.69) is 0 Å². The van der Waals surface area contributed by atoms with Crippen LogP contribution in [0, 0.1) is 0 Å². The summed E-state index contributed by atoms with van der Waals surface area (Å²) in [5, 5.41) is 218. The van der Waals surface area contributed by atoms with Crippen molar-refractivity contribution in [2.45, 2.75) is 226 Å². The number of methoxy groups -OCH3 is 2. The second-order valence-corrected chi connectivity index (χ2v) is 26.4. The van der Waals surface area contributed by atoms with Crippen LogP contribution in [0.2, 0.25) is 0 Å². The molecular formula is C58H84O35S2. The van der Waals surface area contributed by atoms with Crippen LogP contribution in [0.4, 0.5) is 0 Å². The minimum atomic E-state index is -2.20. The highest BCUT2D eigenvalue weighted by atomic mass is 32.2. The first kappa shape index (κ1) is 73.6. The quantitative estimate of drug-likeness (QED) is 0.122. The molecule has 0 radical (unpaired) electrons. The fourth-order valence-electron chi connectivity index (χ4n) is 13.1. The molecule has 19 N–H and O–H groups in total. The molecule has 538 valence electrons. The summed E-state index contributed by atoms with van der Waals surface area (Å²) < 4.78 is 96.0. The molecule has 0 amide bonds. The van der Waals surface area contributed by atoms with Gasteiger partial charge in [0.2, 0.25) is 0 Å². The van der Waals surface area contributed by atoms with Gasteiger partial charge in [-0.1, -0.05) is 24.3 Å². The summed E-state index contributed by atoms with van der Waals surface area (Å²) in [6, 6.07) is 10.7. The van der Waals surface area contributed by atoms with E-state index in [0.717, 1.165) is 0 Å². The van der Waals surface area contributed by atoms with Crippen LogP contribution < -0.4 is 9.47 Å². The Labute approximate surface area is 549 Å². The molecule has 2 aromatic rings. The highest BCUT2D eigenvalue weighted by Crippen LogP contribution is 2.43. The summed E-state index contributed by atoms with van der Waals surface area (Å²) >= 11 is 2.38. The minimum Gasteiger partial charge on any atom is -0.496 e. The molecule has 16 saturated heterocycles. The topological polar surface area (TPSA) is 532 Å². The first-order valence-corrected chi connectivity index (χ1v) is 33.1. The zero-order valence-corrected chi connectivity index (χ0v) is 52.5. The Morgan fingerprint density at radius 2 is 0.526 bits per heavy atom. The predicted molar refractivity (Wildman–Crippen MR) is 312 cm³/mol. The Balaban J connectivity index is 0.994. The van der Waals surface area contributed by atoms with E-state index in [1.807, 2.05) is 0 Å². The first-order valence-electron chi connectivity index (χ1n) is 30.8.